The van der Waals surface area contributed by atoms with Gasteiger partial charge in [-0.15, -0.1) is 0 Å². The van der Waals surface area contributed by atoms with Gasteiger partial charge in [-0.3, -0.25) is 4.90 Å². The van der Waals surface area contributed by atoms with E-state index < -0.39 is 12.1 Å². The van der Waals surface area contributed by atoms with Crippen molar-refractivity contribution in [1.82, 2.24) is 4.90 Å². The zero-order chi connectivity index (χ0) is 14.3. The predicted octanol–water partition coefficient (Wildman–Crippen LogP) is 3.17. The lowest BCUT2D eigenvalue weighted by molar-refractivity contribution is -0.190. The van der Waals surface area contributed by atoms with Crippen molar-refractivity contribution >= 4 is 0 Å². The number of alkyl halides is 3. The third-order valence-electron chi connectivity index (χ3n) is 4.80. The molecule has 112 valence electrons. The first kappa shape index (κ1) is 15.1. The molecule has 0 aromatic heterocycles. The van der Waals surface area contributed by atoms with Gasteiger partial charge in [-0.1, -0.05) is 13.8 Å². The van der Waals surface area contributed by atoms with E-state index in [0.29, 0.717) is 6.42 Å². The Labute approximate surface area is 113 Å². The first-order valence-corrected chi connectivity index (χ1v) is 7.25. The van der Waals surface area contributed by atoms with Crippen molar-refractivity contribution < 1.29 is 13.2 Å². The zero-order valence-corrected chi connectivity index (χ0v) is 11.8. The Morgan fingerprint density at radius 2 is 1.89 bits per heavy atom. The normalized spacial score (nSPS) is 37.3. The van der Waals surface area contributed by atoms with Crippen LogP contribution in [0.3, 0.4) is 0 Å². The molecule has 2 aliphatic rings. The quantitative estimate of drug-likeness (QED) is 0.798. The Morgan fingerprint density at radius 1 is 1.21 bits per heavy atom. The summed E-state index contributed by atoms with van der Waals surface area (Å²) in [4.78, 5) is 2.01. The molecule has 2 nitrogen and oxygen atoms in total. The standard InChI is InChI=1S/C14H25F3N2/c1-13(2)6-5-11(18)12(8-13)19-7-3-4-10(9-19)14(15,16)17/h10-12H,3-9,18H2,1-2H3. The average molecular weight is 278 g/mol. The molecule has 1 heterocycles. The third kappa shape index (κ3) is 3.63. The number of nitrogens with two attached hydrogens (primary N) is 1. The van der Waals surface area contributed by atoms with Crippen molar-refractivity contribution in [3.63, 3.8) is 0 Å². The lowest BCUT2D eigenvalue weighted by Gasteiger charge is -2.47. The van der Waals surface area contributed by atoms with Gasteiger partial charge in [0.15, 0.2) is 0 Å². The molecule has 1 aliphatic carbocycles. The van der Waals surface area contributed by atoms with Gasteiger partial charge in [-0.05, 0) is 44.1 Å². The van der Waals surface area contributed by atoms with Crippen LogP contribution in [-0.4, -0.2) is 36.2 Å². The highest BCUT2D eigenvalue weighted by molar-refractivity contribution is 4.95. The molecule has 3 atom stereocenters. The van der Waals surface area contributed by atoms with Gasteiger partial charge >= 0.3 is 6.18 Å². The molecule has 0 bridgehead atoms. The van der Waals surface area contributed by atoms with Gasteiger partial charge in [0.25, 0.3) is 0 Å². The van der Waals surface area contributed by atoms with Crippen LogP contribution in [-0.2, 0) is 0 Å². The molecule has 0 spiro atoms. The van der Waals surface area contributed by atoms with Crippen LogP contribution in [0.4, 0.5) is 13.2 Å². The molecular weight excluding hydrogens is 253 g/mol. The van der Waals surface area contributed by atoms with Gasteiger partial charge in [-0.25, -0.2) is 0 Å². The van der Waals surface area contributed by atoms with E-state index in [1.165, 1.54) is 0 Å². The molecule has 2 fully saturated rings. The van der Waals surface area contributed by atoms with E-state index >= 15 is 0 Å². The Hall–Kier alpha value is -0.290. The van der Waals surface area contributed by atoms with E-state index in [2.05, 4.69) is 13.8 Å². The average Bonchev–Trinajstić information content (AvgIpc) is 2.31. The van der Waals surface area contributed by atoms with Gasteiger partial charge in [0.05, 0.1) is 5.92 Å². The largest absolute Gasteiger partial charge is 0.393 e. The molecule has 0 aromatic rings. The van der Waals surface area contributed by atoms with Gasteiger partial charge < -0.3 is 5.73 Å². The molecule has 0 radical (unpaired) electrons. The molecule has 0 amide bonds. The van der Waals surface area contributed by atoms with Crippen molar-refractivity contribution in [3.05, 3.63) is 0 Å². The first-order chi connectivity index (χ1) is 8.69. The molecule has 5 heteroatoms. The summed E-state index contributed by atoms with van der Waals surface area (Å²) in [5, 5.41) is 0. The smallest absolute Gasteiger partial charge is 0.326 e. The highest BCUT2D eigenvalue weighted by Crippen LogP contribution is 2.40. The maximum atomic E-state index is 12.9. The second kappa shape index (κ2) is 5.24. The van der Waals surface area contributed by atoms with Crippen molar-refractivity contribution in [2.45, 2.75) is 64.2 Å². The van der Waals surface area contributed by atoms with Crippen LogP contribution in [0.15, 0.2) is 0 Å². The summed E-state index contributed by atoms with van der Waals surface area (Å²) in [5.74, 6) is -1.17. The van der Waals surface area contributed by atoms with Gasteiger partial charge in [0.1, 0.15) is 0 Å². The molecule has 1 saturated heterocycles. The molecular formula is C14H25F3N2. The van der Waals surface area contributed by atoms with Crippen molar-refractivity contribution in [2.75, 3.05) is 13.1 Å². The van der Waals surface area contributed by atoms with Crippen LogP contribution >= 0.6 is 0 Å². The van der Waals surface area contributed by atoms with E-state index in [1.54, 1.807) is 0 Å². The minimum Gasteiger partial charge on any atom is -0.326 e. The summed E-state index contributed by atoms with van der Waals surface area (Å²) < 4.78 is 38.6. The topological polar surface area (TPSA) is 29.3 Å². The Bertz CT molecular complexity index is 314. The maximum absolute atomic E-state index is 12.9. The number of likely N-dealkylation sites (tertiary alicyclic amines) is 1. The van der Waals surface area contributed by atoms with Gasteiger partial charge in [-0.2, -0.15) is 13.2 Å². The first-order valence-electron chi connectivity index (χ1n) is 7.25. The van der Waals surface area contributed by atoms with E-state index in [9.17, 15) is 13.2 Å². The lowest BCUT2D eigenvalue weighted by atomic mass is 9.72. The molecule has 2 rings (SSSR count). The fourth-order valence-electron chi connectivity index (χ4n) is 3.54. The van der Waals surface area contributed by atoms with Crippen molar-refractivity contribution in [1.29, 1.82) is 0 Å². The number of halogens is 3. The Morgan fingerprint density at radius 3 is 2.53 bits per heavy atom. The van der Waals surface area contributed by atoms with Crippen molar-refractivity contribution in [3.8, 4) is 0 Å². The molecule has 3 unspecified atom stereocenters. The Kier molecular flexibility index (Phi) is 4.17. The monoisotopic (exact) mass is 278 g/mol. The third-order valence-corrected chi connectivity index (χ3v) is 4.80. The molecule has 0 aromatic carbocycles. The maximum Gasteiger partial charge on any atom is 0.393 e. The number of piperidine rings is 1. The van der Waals surface area contributed by atoms with Crippen molar-refractivity contribution in [2.24, 2.45) is 17.1 Å². The van der Waals surface area contributed by atoms with Crippen LogP contribution in [0.2, 0.25) is 0 Å². The number of hydrogen-bond acceptors (Lipinski definition) is 2. The molecule has 2 N–H and O–H groups in total. The summed E-state index contributed by atoms with van der Waals surface area (Å²) >= 11 is 0. The van der Waals surface area contributed by atoms with Crippen LogP contribution in [0.1, 0.15) is 46.0 Å². The summed E-state index contributed by atoms with van der Waals surface area (Å²) in [6.45, 7) is 5.28. The van der Waals surface area contributed by atoms with Gasteiger partial charge in [0, 0.05) is 18.6 Å². The predicted molar refractivity (Wildman–Crippen MR) is 69.7 cm³/mol. The van der Waals surface area contributed by atoms with Crippen LogP contribution in [0.25, 0.3) is 0 Å². The van der Waals surface area contributed by atoms with Crippen LogP contribution < -0.4 is 5.73 Å². The van der Waals surface area contributed by atoms with Crippen LogP contribution in [0, 0.1) is 11.3 Å². The summed E-state index contributed by atoms with van der Waals surface area (Å²) in [5.41, 5.74) is 6.36. The number of hydrogen-bond donors (Lipinski definition) is 1. The van der Waals surface area contributed by atoms with E-state index in [0.717, 1.165) is 25.8 Å². The van der Waals surface area contributed by atoms with E-state index in [1.807, 2.05) is 4.90 Å². The SMILES string of the molecule is CC1(C)CCC(N)C(N2CCCC(C(F)(F)F)C2)C1. The fraction of sp³-hybridized carbons (Fsp3) is 1.00. The highest BCUT2D eigenvalue weighted by Gasteiger charge is 2.45. The Balaban J connectivity index is 2.04. The number of rotatable bonds is 1. The fourth-order valence-corrected chi connectivity index (χ4v) is 3.54. The highest BCUT2D eigenvalue weighted by atomic mass is 19.4. The molecule has 19 heavy (non-hydrogen) atoms. The summed E-state index contributed by atoms with van der Waals surface area (Å²) in [7, 11) is 0. The second-order valence-electron chi connectivity index (χ2n) is 7.01. The van der Waals surface area contributed by atoms with Crippen LogP contribution in [0.5, 0.6) is 0 Å². The minimum atomic E-state index is -4.06. The summed E-state index contributed by atoms with van der Waals surface area (Å²) in [6.07, 6.45) is -0.253. The molecule has 1 saturated carbocycles. The van der Waals surface area contributed by atoms with E-state index in [-0.39, 0.29) is 30.5 Å². The minimum absolute atomic E-state index is 0.0278. The number of nitrogens with zero attached hydrogens (tertiary/aromatic N) is 1. The zero-order valence-electron chi connectivity index (χ0n) is 11.8. The van der Waals surface area contributed by atoms with Gasteiger partial charge in [0.2, 0.25) is 0 Å². The second-order valence-corrected chi connectivity index (χ2v) is 7.01. The molecule has 1 aliphatic heterocycles. The summed E-state index contributed by atoms with van der Waals surface area (Å²) in [6, 6.07) is 0.147. The lowest BCUT2D eigenvalue weighted by Crippen LogP contribution is -2.56. The van der Waals surface area contributed by atoms with E-state index in [4.69, 9.17) is 5.73 Å².